The van der Waals surface area contributed by atoms with Gasteiger partial charge in [-0.2, -0.15) is 0 Å². The SMILES string of the molecule is CC(C)CNC(=O)c1cc2ccc(OC(=O)c3ccc(Cl)c(Cl)c3)cc2oc1=O. The summed E-state index contributed by atoms with van der Waals surface area (Å²) in [6.45, 7) is 4.34. The lowest BCUT2D eigenvalue weighted by molar-refractivity contribution is 0.0734. The number of hydrogen-bond donors (Lipinski definition) is 1. The van der Waals surface area contributed by atoms with E-state index in [1.165, 1.54) is 36.4 Å². The van der Waals surface area contributed by atoms with Crippen LogP contribution in [0.5, 0.6) is 5.75 Å². The van der Waals surface area contributed by atoms with Gasteiger partial charge in [-0.05, 0) is 42.3 Å². The smallest absolute Gasteiger partial charge is 0.349 e. The molecule has 0 aliphatic carbocycles. The van der Waals surface area contributed by atoms with Crippen LogP contribution in [0.25, 0.3) is 11.0 Å². The summed E-state index contributed by atoms with van der Waals surface area (Å²) >= 11 is 11.8. The molecule has 0 atom stereocenters. The maximum Gasteiger partial charge on any atom is 0.349 e. The molecule has 29 heavy (non-hydrogen) atoms. The number of carbonyl (C=O) groups excluding carboxylic acids is 2. The Bertz CT molecular complexity index is 1150. The van der Waals surface area contributed by atoms with Crippen molar-refractivity contribution in [3.8, 4) is 5.75 Å². The Morgan fingerprint density at radius 2 is 1.83 bits per heavy atom. The van der Waals surface area contributed by atoms with Crippen molar-refractivity contribution in [2.75, 3.05) is 6.54 Å². The quantitative estimate of drug-likeness (QED) is 0.357. The van der Waals surface area contributed by atoms with Gasteiger partial charge in [-0.25, -0.2) is 9.59 Å². The van der Waals surface area contributed by atoms with E-state index in [4.69, 9.17) is 32.4 Å². The second kappa shape index (κ2) is 8.68. The minimum atomic E-state index is -0.772. The first kappa shape index (κ1) is 20.9. The van der Waals surface area contributed by atoms with Crippen molar-refractivity contribution in [2.45, 2.75) is 13.8 Å². The third-order valence-electron chi connectivity index (χ3n) is 3.99. The molecule has 0 spiro atoms. The fourth-order valence-electron chi connectivity index (χ4n) is 2.49. The highest BCUT2D eigenvalue weighted by molar-refractivity contribution is 6.42. The fraction of sp³-hybridized carbons (Fsp3) is 0.190. The Balaban J connectivity index is 1.84. The number of nitrogens with one attached hydrogen (secondary N) is 1. The van der Waals surface area contributed by atoms with Gasteiger partial charge in [0.1, 0.15) is 16.9 Å². The van der Waals surface area contributed by atoms with Gasteiger partial charge in [0.15, 0.2) is 0 Å². The van der Waals surface area contributed by atoms with Crippen LogP contribution in [0.1, 0.15) is 34.6 Å². The second-order valence-corrected chi connectivity index (χ2v) is 7.58. The lowest BCUT2D eigenvalue weighted by Gasteiger charge is -2.08. The predicted molar refractivity (Wildman–Crippen MR) is 111 cm³/mol. The molecule has 6 nitrogen and oxygen atoms in total. The van der Waals surface area contributed by atoms with Crippen LogP contribution >= 0.6 is 23.2 Å². The summed E-state index contributed by atoms with van der Waals surface area (Å²) < 4.78 is 10.5. The summed E-state index contributed by atoms with van der Waals surface area (Å²) in [6, 6.07) is 10.4. The summed E-state index contributed by atoms with van der Waals surface area (Å²) in [7, 11) is 0. The summed E-state index contributed by atoms with van der Waals surface area (Å²) in [6.07, 6.45) is 0. The van der Waals surface area contributed by atoms with Crippen molar-refractivity contribution in [3.05, 3.63) is 74.1 Å². The average molecular weight is 434 g/mol. The van der Waals surface area contributed by atoms with Gasteiger partial charge in [-0.3, -0.25) is 4.79 Å². The number of hydrogen-bond acceptors (Lipinski definition) is 5. The summed E-state index contributed by atoms with van der Waals surface area (Å²) in [4.78, 5) is 36.6. The Labute approximate surface area is 176 Å². The fourth-order valence-corrected chi connectivity index (χ4v) is 2.79. The first-order valence-electron chi connectivity index (χ1n) is 8.78. The number of esters is 1. The van der Waals surface area contributed by atoms with E-state index in [2.05, 4.69) is 5.32 Å². The van der Waals surface area contributed by atoms with Crippen molar-refractivity contribution >= 4 is 46.0 Å². The van der Waals surface area contributed by atoms with Crippen molar-refractivity contribution < 1.29 is 18.7 Å². The lowest BCUT2D eigenvalue weighted by Crippen LogP contribution is -2.31. The number of benzene rings is 2. The third kappa shape index (κ3) is 4.96. The molecule has 0 aliphatic rings. The van der Waals surface area contributed by atoms with Gasteiger partial charge in [0.25, 0.3) is 5.91 Å². The lowest BCUT2D eigenvalue weighted by atomic mass is 10.1. The van der Waals surface area contributed by atoms with Crippen LogP contribution in [-0.2, 0) is 0 Å². The van der Waals surface area contributed by atoms with Crippen molar-refractivity contribution in [3.63, 3.8) is 0 Å². The highest BCUT2D eigenvalue weighted by atomic mass is 35.5. The summed E-state index contributed by atoms with van der Waals surface area (Å²) in [5.74, 6) is -0.715. The molecule has 0 aliphatic heterocycles. The molecule has 8 heteroatoms. The summed E-state index contributed by atoms with van der Waals surface area (Å²) in [5, 5.41) is 3.76. The van der Waals surface area contributed by atoms with E-state index in [9.17, 15) is 14.4 Å². The maximum absolute atomic E-state index is 12.3. The maximum atomic E-state index is 12.3. The van der Waals surface area contributed by atoms with Gasteiger partial charge in [0.2, 0.25) is 0 Å². The molecular formula is C21H17Cl2NO5. The molecule has 1 aromatic heterocycles. The normalized spacial score (nSPS) is 10.9. The van der Waals surface area contributed by atoms with Gasteiger partial charge in [0, 0.05) is 18.0 Å². The number of fused-ring (bicyclic) bond motifs is 1. The summed E-state index contributed by atoms with van der Waals surface area (Å²) in [5.41, 5.74) is -0.446. The van der Waals surface area contributed by atoms with E-state index in [1.807, 2.05) is 13.8 Å². The zero-order chi connectivity index (χ0) is 21.1. The first-order chi connectivity index (χ1) is 13.7. The molecule has 0 radical (unpaired) electrons. The van der Waals surface area contributed by atoms with Gasteiger partial charge in [-0.15, -0.1) is 0 Å². The van der Waals surface area contributed by atoms with Crippen LogP contribution in [0.3, 0.4) is 0 Å². The molecule has 150 valence electrons. The topological polar surface area (TPSA) is 85.6 Å². The zero-order valence-corrected chi connectivity index (χ0v) is 17.1. The van der Waals surface area contributed by atoms with Crippen LogP contribution < -0.4 is 15.7 Å². The third-order valence-corrected chi connectivity index (χ3v) is 4.73. The van der Waals surface area contributed by atoms with E-state index in [-0.39, 0.29) is 33.4 Å². The zero-order valence-electron chi connectivity index (χ0n) is 15.6. The van der Waals surface area contributed by atoms with Gasteiger partial charge >= 0.3 is 11.6 Å². The first-order valence-corrected chi connectivity index (χ1v) is 9.53. The van der Waals surface area contributed by atoms with Crippen LogP contribution in [0.15, 0.2) is 51.7 Å². The number of halogens is 2. The molecule has 1 heterocycles. The van der Waals surface area contributed by atoms with E-state index in [1.54, 1.807) is 6.07 Å². The minimum absolute atomic E-state index is 0.0845. The van der Waals surface area contributed by atoms with Crippen molar-refractivity contribution in [1.29, 1.82) is 0 Å². The van der Waals surface area contributed by atoms with Crippen LogP contribution in [0.4, 0.5) is 0 Å². The second-order valence-electron chi connectivity index (χ2n) is 6.77. The van der Waals surface area contributed by atoms with Crippen LogP contribution in [0, 0.1) is 5.92 Å². The molecule has 0 saturated carbocycles. The van der Waals surface area contributed by atoms with Crippen molar-refractivity contribution in [2.24, 2.45) is 5.92 Å². The highest BCUT2D eigenvalue weighted by Gasteiger charge is 2.15. The molecule has 2 aromatic carbocycles. The molecule has 3 aromatic rings. The Hall–Kier alpha value is -2.83. The number of rotatable bonds is 5. The van der Waals surface area contributed by atoms with Crippen LogP contribution in [0.2, 0.25) is 10.0 Å². The average Bonchev–Trinajstić information content (AvgIpc) is 2.67. The standard InChI is InChI=1S/C21H17Cl2NO5/c1-11(2)10-24-19(25)15-7-12-3-5-14(9-18(12)29-21(15)27)28-20(26)13-4-6-16(22)17(23)8-13/h3-9,11H,10H2,1-2H3,(H,24,25). The van der Waals surface area contributed by atoms with E-state index in [0.29, 0.717) is 17.0 Å². The monoisotopic (exact) mass is 433 g/mol. The van der Waals surface area contributed by atoms with Gasteiger partial charge in [-0.1, -0.05) is 37.0 Å². The molecule has 0 unspecified atom stereocenters. The van der Waals surface area contributed by atoms with Gasteiger partial charge in [0.05, 0.1) is 15.6 Å². The molecule has 0 fully saturated rings. The number of carbonyl (C=O) groups is 2. The Morgan fingerprint density at radius 1 is 1.07 bits per heavy atom. The molecule has 0 saturated heterocycles. The minimum Gasteiger partial charge on any atom is -0.423 e. The largest absolute Gasteiger partial charge is 0.423 e. The number of ether oxygens (including phenoxy) is 1. The van der Waals surface area contributed by atoms with Crippen LogP contribution in [-0.4, -0.2) is 18.4 Å². The molecule has 3 rings (SSSR count). The molecular weight excluding hydrogens is 417 g/mol. The van der Waals surface area contributed by atoms with E-state index < -0.39 is 17.5 Å². The predicted octanol–water partition coefficient (Wildman–Crippen LogP) is 4.70. The Kier molecular flexibility index (Phi) is 6.25. The van der Waals surface area contributed by atoms with Gasteiger partial charge < -0.3 is 14.5 Å². The molecule has 1 N–H and O–H groups in total. The van der Waals surface area contributed by atoms with Crippen molar-refractivity contribution in [1.82, 2.24) is 5.32 Å². The molecule has 0 bridgehead atoms. The van der Waals surface area contributed by atoms with E-state index in [0.717, 1.165) is 0 Å². The highest BCUT2D eigenvalue weighted by Crippen LogP contribution is 2.25. The van der Waals surface area contributed by atoms with E-state index >= 15 is 0 Å². The Morgan fingerprint density at radius 3 is 2.52 bits per heavy atom. The molecule has 1 amide bonds. The number of amides is 1.